The Morgan fingerprint density at radius 3 is 2.59 bits per heavy atom. The van der Waals surface area contributed by atoms with E-state index in [1.807, 2.05) is 23.8 Å². The van der Waals surface area contributed by atoms with E-state index in [1.54, 1.807) is 7.05 Å². The van der Waals surface area contributed by atoms with Gasteiger partial charge in [0.15, 0.2) is 0 Å². The first-order valence-electron chi connectivity index (χ1n) is 7.33. The lowest BCUT2D eigenvalue weighted by molar-refractivity contribution is 0.705. The third kappa shape index (κ3) is 3.42. The first-order valence-corrected chi connectivity index (χ1v) is 7.33. The summed E-state index contributed by atoms with van der Waals surface area (Å²) in [5, 5.41) is 6.35. The highest BCUT2D eigenvalue weighted by Crippen LogP contribution is 2.19. The second-order valence-corrected chi connectivity index (χ2v) is 5.41. The van der Waals surface area contributed by atoms with E-state index in [9.17, 15) is 4.91 Å². The summed E-state index contributed by atoms with van der Waals surface area (Å²) in [6, 6.07) is 8.29. The molecule has 2 rings (SSSR count). The third-order valence-corrected chi connectivity index (χ3v) is 3.68. The van der Waals surface area contributed by atoms with Crippen LogP contribution in [0.2, 0.25) is 0 Å². The number of hydrogen-bond donors (Lipinski definition) is 1. The molecule has 5 heteroatoms. The van der Waals surface area contributed by atoms with E-state index in [4.69, 9.17) is 0 Å². The van der Waals surface area contributed by atoms with Crippen molar-refractivity contribution in [2.45, 2.75) is 27.3 Å². The van der Waals surface area contributed by atoms with Crippen molar-refractivity contribution < 1.29 is 0 Å². The molecule has 0 fully saturated rings. The smallest absolute Gasteiger partial charge is 0.149 e. The maximum Gasteiger partial charge on any atom is 0.149 e. The molecule has 0 radical (unpaired) electrons. The Morgan fingerprint density at radius 2 is 1.95 bits per heavy atom. The number of nitrogens with one attached hydrogen (secondary N) is 1. The molecule has 0 bridgehead atoms. The Hall–Kier alpha value is -2.43. The van der Waals surface area contributed by atoms with Crippen LogP contribution in [0.25, 0.3) is 0 Å². The van der Waals surface area contributed by atoms with Crippen molar-refractivity contribution in [2.75, 3.05) is 18.9 Å². The molecule has 2 aromatic rings. The molecule has 22 heavy (non-hydrogen) atoms. The lowest BCUT2D eigenvalue weighted by Crippen LogP contribution is -2.20. The number of anilines is 1. The summed E-state index contributed by atoms with van der Waals surface area (Å²) in [6.45, 7) is 7.00. The second kappa shape index (κ2) is 7.02. The van der Waals surface area contributed by atoms with Gasteiger partial charge >= 0.3 is 0 Å². The van der Waals surface area contributed by atoms with Crippen LogP contribution >= 0.6 is 0 Å². The Bertz CT molecular complexity index is 701. The van der Waals surface area contributed by atoms with Gasteiger partial charge in [-0.3, -0.25) is 4.99 Å². The molecule has 1 aromatic carbocycles. The minimum atomic E-state index is 0.252. The molecule has 0 unspecified atom stereocenters. The van der Waals surface area contributed by atoms with Gasteiger partial charge in [-0.1, -0.05) is 22.9 Å². The van der Waals surface area contributed by atoms with Gasteiger partial charge in [-0.2, -0.15) is 4.91 Å². The zero-order valence-corrected chi connectivity index (χ0v) is 13.6. The van der Waals surface area contributed by atoms with Crippen LogP contribution in [-0.4, -0.2) is 24.0 Å². The van der Waals surface area contributed by atoms with Crippen molar-refractivity contribution in [3.63, 3.8) is 0 Å². The minimum absolute atomic E-state index is 0.252. The number of aliphatic imine (C=N–C) groups is 1. The van der Waals surface area contributed by atoms with Crippen molar-refractivity contribution in [3.05, 3.63) is 57.8 Å². The van der Waals surface area contributed by atoms with Gasteiger partial charge in [0.2, 0.25) is 0 Å². The average molecular weight is 298 g/mol. The standard InChI is InChI=1S/C17H22N4O/c1-12-5-6-15(14(3)11-12)20-17(18-4)16-13(2)7-9-21(16)10-8-19-22/h5-7,9,11H,8,10H2,1-4H3,(H,18,20). The van der Waals surface area contributed by atoms with Crippen molar-refractivity contribution >= 4 is 11.5 Å². The lowest BCUT2D eigenvalue weighted by Gasteiger charge is -2.15. The van der Waals surface area contributed by atoms with Crippen LogP contribution in [0.4, 0.5) is 5.69 Å². The van der Waals surface area contributed by atoms with Gasteiger partial charge in [0.1, 0.15) is 5.84 Å². The highest BCUT2D eigenvalue weighted by Gasteiger charge is 2.13. The van der Waals surface area contributed by atoms with E-state index in [2.05, 4.69) is 47.5 Å². The molecule has 0 spiro atoms. The van der Waals surface area contributed by atoms with Crippen molar-refractivity contribution in [2.24, 2.45) is 10.2 Å². The fourth-order valence-corrected chi connectivity index (χ4v) is 2.54. The zero-order chi connectivity index (χ0) is 16.1. The summed E-state index contributed by atoms with van der Waals surface area (Å²) < 4.78 is 2.01. The molecule has 1 N–H and O–H groups in total. The van der Waals surface area contributed by atoms with Gasteiger partial charge in [-0.15, -0.1) is 0 Å². The topological polar surface area (TPSA) is 58.8 Å². The van der Waals surface area contributed by atoms with Gasteiger partial charge in [0.25, 0.3) is 0 Å². The average Bonchev–Trinajstić information content (AvgIpc) is 2.85. The number of hydrogen-bond acceptors (Lipinski definition) is 3. The molecule has 116 valence electrons. The quantitative estimate of drug-likeness (QED) is 0.520. The summed E-state index contributed by atoms with van der Waals surface area (Å²) in [7, 11) is 1.76. The van der Waals surface area contributed by atoms with Crippen LogP contribution in [0, 0.1) is 25.7 Å². The highest BCUT2D eigenvalue weighted by atomic mass is 16.3. The fraction of sp³-hybridized carbons (Fsp3) is 0.353. The predicted molar refractivity (Wildman–Crippen MR) is 91.8 cm³/mol. The summed E-state index contributed by atoms with van der Waals surface area (Å²) in [5.41, 5.74) is 5.54. The van der Waals surface area contributed by atoms with Crippen LogP contribution in [0.3, 0.4) is 0 Å². The van der Waals surface area contributed by atoms with Crippen LogP contribution in [0.15, 0.2) is 40.6 Å². The van der Waals surface area contributed by atoms with Crippen molar-refractivity contribution in [1.29, 1.82) is 0 Å². The molecule has 1 aromatic heterocycles. The van der Waals surface area contributed by atoms with Crippen LogP contribution in [0.1, 0.15) is 22.4 Å². The maximum atomic E-state index is 10.4. The van der Waals surface area contributed by atoms with Crippen molar-refractivity contribution in [3.8, 4) is 0 Å². The maximum absolute atomic E-state index is 10.4. The Balaban J connectivity index is 2.33. The number of nitrogens with zero attached hydrogens (tertiary/aromatic N) is 3. The summed E-state index contributed by atoms with van der Waals surface area (Å²) in [6.07, 6.45) is 1.96. The highest BCUT2D eigenvalue weighted by molar-refractivity contribution is 6.08. The molecule has 0 amide bonds. The van der Waals surface area contributed by atoms with Gasteiger partial charge in [0, 0.05) is 25.5 Å². The fourth-order valence-electron chi connectivity index (χ4n) is 2.54. The van der Waals surface area contributed by atoms with Crippen molar-refractivity contribution in [1.82, 2.24) is 4.57 Å². The Kier molecular flexibility index (Phi) is 5.09. The van der Waals surface area contributed by atoms with E-state index in [-0.39, 0.29) is 6.54 Å². The van der Waals surface area contributed by atoms with Gasteiger partial charge in [-0.25, -0.2) is 0 Å². The minimum Gasteiger partial charge on any atom is -0.343 e. The SMILES string of the molecule is CN=C(Nc1ccc(C)cc1C)c1c(C)ccn1CCN=O. The monoisotopic (exact) mass is 298 g/mol. The molecule has 0 aliphatic heterocycles. The van der Waals surface area contributed by atoms with E-state index in [0.717, 1.165) is 22.8 Å². The van der Waals surface area contributed by atoms with E-state index in [1.165, 1.54) is 11.1 Å². The molecule has 0 atom stereocenters. The number of nitroso groups, excluding NO2 is 1. The summed E-state index contributed by atoms with van der Waals surface area (Å²) in [5.74, 6) is 0.792. The summed E-state index contributed by atoms with van der Waals surface area (Å²) in [4.78, 5) is 14.8. The lowest BCUT2D eigenvalue weighted by atomic mass is 10.1. The van der Waals surface area contributed by atoms with Crippen LogP contribution in [0.5, 0.6) is 0 Å². The number of amidine groups is 1. The number of rotatable bonds is 5. The van der Waals surface area contributed by atoms with Gasteiger partial charge < -0.3 is 9.88 Å². The summed E-state index contributed by atoms with van der Waals surface area (Å²) >= 11 is 0. The predicted octanol–water partition coefficient (Wildman–Crippen LogP) is 3.67. The van der Waals surface area contributed by atoms with E-state index >= 15 is 0 Å². The molecule has 0 aliphatic carbocycles. The first kappa shape index (κ1) is 15.9. The van der Waals surface area contributed by atoms with E-state index < -0.39 is 0 Å². The Morgan fingerprint density at radius 1 is 1.18 bits per heavy atom. The molecule has 5 nitrogen and oxygen atoms in total. The molecular formula is C17H22N4O. The van der Waals surface area contributed by atoms with Gasteiger partial charge in [0.05, 0.1) is 12.2 Å². The second-order valence-electron chi connectivity index (χ2n) is 5.41. The molecule has 0 saturated heterocycles. The molecular weight excluding hydrogens is 276 g/mol. The number of aryl methyl sites for hydroxylation is 3. The zero-order valence-electron chi connectivity index (χ0n) is 13.6. The molecule has 0 saturated carbocycles. The Labute approximate surface area is 131 Å². The third-order valence-electron chi connectivity index (χ3n) is 3.68. The normalized spacial score (nSPS) is 11.5. The number of aromatic nitrogens is 1. The number of benzene rings is 1. The van der Waals surface area contributed by atoms with Gasteiger partial charge in [-0.05, 0) is 44.0 Å². The van der Waals surface area contributed by atoms with E-state index in [0.29, 0.717) is 6.54 Å². The first-order chi connectivity index (χ1) is 10.6. The largest absolute Gasteiger partial charge is 0.343 e. The molecule has 1 heterocycles. The van der Waals surface area contributed by atoms with Crippen LogP contribution < -0.4 is 5.32 Å². The van der Waals surface area contributed by atoms with Crippen LogP contribution in [-0.2, 0) is 6.54 Å². The molecule has 0 aliphatic rings.